The first kappa shape index (κ1) is 16.0. The van der Waals surface area contributed by atoms with E-state index in [-0.39, 0.29) is 30.1 Å². The minimum absolute atomic E-state index is 0.0196. The van der Waals surface area contributed by atoms with Crippen LogP contribution in [-0.4, -0.2) is 23.2 Å². The predicted molar refractivity (Wildman–Crippen MR) is 63.5 cm³/mol. The molecule has 0 aliphatic rings. The number of aliphatic carboxylic acids is 1. The Bertz CT molecular complexity index is 479. The van der Waals surface area contributed by atoms with Gasteiger partial charge in [0.25, 0.3) is 0 Å². The van der Waals surface area contributed by atoms with Gasteiger partial charge in [0.15, 0.2) is 5.78 Å². The van der Waals surface area contributed by atoms with E-state index in [9.17, 15) is 22.8 Å². The molecule has 0 amide bonds. The van der Waals surface area contributed by atoms with Gasteiger partial charge >= 0.3 is 12.3 Å². The number of carbonyl (C=O) groups excluding carboxylic acids is 1. The highest BCUT2D eigenvalue weighted by molar-refractivity contribution is 5.96. The van der Waals surface area contributed by atoms with E-state index in [1.165, 1.54) is 12.1 Å². The van der Waals surface area contributed by atoms with Gasteiger partial charge in [0.2, 0.25) is 0 Å². The third kappa shape index (κ3) is 5.73. The van der Waals surface area contributed by atoms with Crippen LogP contribution in [0.3, 0.4) is 0 Å². The van der Waals surface area contributed by atoms with Crippen molar-refractivity contribution in [2.75, 3.05) is 0 Å². The fourth-order valence-electron chi connectivity index (χ4n) is 1.65. The van der Waals surface area contributed by atoms with Crippen LogP contribution >= 0.6 is 0 Å². The van der Waals surface area contributed by atoms with E-state index in [0.717, 1.165) is 12.1 Å². The molecule has 0 fully saturated rings. The summed E-state index contributed by atoms with van der Waals surface area (Å²) in [6.45, 7) is 1.62. The van der Waals surface area contributed by atoms with E-state index in [0.29, 0.717) is 0 Å². The van der Waals surface area contributed by atoms with Crippen molar-refractivity contribution in [3.63, 3.8) is 0 Å². The van der Waals surface area contributed by atoms with Crippen molar-refractivity contribution in [3.8, 4) is 5.75 Å². The van der Waals surface area contributed by atoms with Gasteiger partial charge in [-0.1, -0.05) is 6.92 Å². The summed E-state index contributed by atoms with van der Waals surface area (Å²) in [5.74, 6) is -2.07. The quantitative estimate of drug-likeness (QED) is 0.817. The summed E-state index contributed by atoms with van der Waals surface area (Å²) in [7, 11) is 0. The maximum Gasteiger partial charge on any atom is 0.573 e. The lowest BCUT2D eigenvalue weighted by molar-refractivity contribution is -0.274. The molecule has 20 heavy (non-hydrogen) atoms. The Morgan fingerprint density at radius 1 is 1.20 bits per heavy atom. The summed E-state index contributed by atoms with van der Waals surface area (Å²) in [5.41, 5.74) is 0.219. The van der Waals surface area contributed by atoms with Crippen LogP contribution in [0.1, 0.15) is 30.1 Å². The van der Waals surface area contributed by atoms with Crippen molar-refractivity contribution in [2.24, 2.45) is 5.92 Å². The van der Waals surface area contributed by atoms with Crippen LogP contribution < -0.4 is 4.74 Å². The average Bonchev–Trinajstić information content (AvgIpc) is 2.26. The Balaban J connectivity index is 2.64. The lowest BCUT2D eigenvalue weighted by atomic mass is 9.97. The summed E-state index contributed by atoms with van der Waals surface area (Å²) in [6.07, 6.45) is -4.89. The van der Waals surface area contributed by atoms with Gasteiger partial charge in [0.05, 0.1) is 0 Å². The van der Waals surface area contributed by atoms with Gasteiger partial charge in [-0.25, -0.2) is 0 Å². The van der Waals surface area contributed by atoms with E-state index in [4.69, 9.17) is 5.11 Å². The second kappa shape index (κ2) is 6.40. The number of halogens is 3. The number of carbonyl (C=O) groups is 2. The van der Waals surface area contributed by atoms with E-state index < -0.39 is 18.1 Å². The monoisotopic (exact) mass is 290 g/mol. The van der Waals surface area contributed by atoms with E-state index in [1.54, 1.807) is 6.92 Å². The average molecular weight is 290 g/mol. The van der Waals surface area contributed by atoms with Crippen molar-refractivity contribution in [2.45, 2.75) is 26.1 Å². The number of hydrogen-bond acceptors (Lipinski definition) is 3. The van der Waals surface area contributed by atoms with Gasteiger partial charge in [-0.15, -0.1) is 13.2 Å². The molecular formula is C13H13F3O4. The third-order valence-corrected chi connectivity index (χ3v) is 2.47. The normalized spacial score (nSPS) is 12.8. The Labute approximate surface area is 113 Å². The molecule has 1 aromatic rings. The standard InChI is InChI=1S/C13H13F3O4/c1-8(7-12(18)19)6-11(17)9-2-4-10(5-3-9)20-13(14,15)16/h2-5,8H,6-7H2,1H3,(H,18,19). The highest BCUT2D eigenvalue weighted by atomic mass is 19.4. The largest absolute Gasteiger partial charge is 0.573 e. The Morgan fingerprint density at radius 3 is 2.20 bits per heavy atom. The first-order chi connectivity index (χ1) is 9.17. The van der Waals surface area contributed by atoms with Gasteiger partial charge in [-0.2, -0.15) is 0 Å². The predicted octanol–water partition coefficient (Wildman–Crippen LogP) is 3.27. The highest BCUT2D eigenvalue weighted by Gasteiger charge is 2.31. The summed E-state index contributed by atoms with van der Waals surface area (Å²) < 4.78 is 39.5. The molecule has 110 valence electrons. The molecule has 0 saturated carbocycles. The van der Waals surface area contributed by atoms with Crippen molar-refractivity contribution in [3.05, 3.63) is 29.8 Å². The van der Waals surface area contributed by atoms with E-state index >= 15 is 0 Å². The molecule has 1 aromatic carbocycles. The van der Waals surface area contributed by atoms with Gasteiger partial charge in [-0.3, -0.25) is 9.59 Å². The maximum absolute atomic E-state index is 11.9. The molecule has 0 bridgehead atoms. The number of ether oxygens (including phenoxy) is 1. The first-order valence-corrected chi connectivity index (χ1v) is 5.78. The number of hydrogen-bond donors (Lipinski definition) is 1. The molecule has 0 saturated heterocycles. The summed E-state index contributed by atoms with van der Waals surface area (Å²) in [4.78, 5) is 22.2. The molecule has 0 radical (unpaired) electrons. The Kier molecular flexibility index (Phi) is 5.12. The lowest BCUT2D eigenvalue weighted by Gasteiger charge is -2.10. The Hall–Kier alpha value is -2.05. The Morgan fingerprint density at radius 2 is 1.75 bits per heavy atom. The summed E-state index contributed by atoms with van der Waals surface area (Å²) in [5, 5.41) is 8.58. The van der Waals surface area contributed by atoms with Crippen molar-refractivity contribution in [1.29, 1.82) is 0 Å². The fourth-order valence-corrected chi connectivity index (χ4v) is 1.65. The second-order valence-corrected chi connectivity index (χ2v) is 4.40. The molecule has 1 rings (SSSR count). The molecule has 0 aliphatic carbocycles. The molecule has 4 nitrogen and oxygen atoms in total. The maximum atomic E-state index is 11.9. The van der Waals surface area contributed by atoms with Crippen molar-refractivity contribution in [1.82, 2.24) is 0 Å². The zero-order valence-electron chi connectivity index (χ0n) is 10.6. The van der Waals surface area contributed by atoms with E-state index in [2.05, 4.69) is 4.74 Å². The smallest absolute Gasteiger partial charge is 0.481 e. The molecule has 1 N–H and O–H groups in total. The van der Waals surface area contributed by atoms with Crippen LogP contribution in [0.4, 0.5) is 13.2 Å². The minimum atomic E-state index is -4.78. The van der Waals surface area contributed by atoms with E-state index in [1.807, 2.05) is 0 Å². The molecule has 0 aliphatic heterocycles. The lowest BCUT2D eigenvalue weighted by Crippen LogP contribution is -2.17. The molecule has 0 heterocycles. The zero-order valence-corrected chi connectivity index (χ0v) is 10.6. The number of carboxylic acid groups (broad SMARTS) is 1. The molecule has 1 atom stereocenters. The first-order valence-electron chi connectivity index (χ1n) is 5.78. The van der Waals surface area contributed by atoms with Crippen molar-refractivity contribution >= 4 is 11.8 Å². The molecule has 7 heteroatoms. The van der Waals surface area contributed by atoms with Crippen molar-refractivity contribution < 1.29 is 32.6 Å². The summed E-state index contributed by atoms with van der Waals surface area (Å²) in [6, 6.07) is 4.53. The number of ketones is 1. The van der Waals surface area contributed by atoms with Gasteiger partial charge in [-0.05, 0) is 30.2 Å². The van der Waals surface area contributed by atoms with Crippen LogP contribution in [0.25, 0.3) is 0 Å². The highest BCUT2D eigenvalue weighted by Crippen LogP contribution is 2.23. The number of carboxylic acids is 1. The minimum Gasteiger partial charge on any atom is -0.481 e. The number of benzene rings is 1. The molecule has 0 aromatic heterocycles. The molecular weight excluding hydrogens is 277 g/mol. The van der Waals surface area contributed by atoms with Crippen LogP contribution in [0.5, 0.6) is 5.75 Å². The van der Waals surface area contributed by atoms with Gasteiger partial charge < -0.3 is 9.84 Å². The number of rotatable bonds is 6. The van der Waals surface area contributed by atoms with Crippen LogP contribution in [0.2, 0.25) is 0 Å². The second-order valence-electron chi connectivity index (χ2n) is 4.40. The van der Waals surface area contributed by atoms with Gasteiger partial charge in [0.1, 0.15) is 5.75 Å². The van der Waals surface area contributed by atoms with Crippen LogP contribution in [-0.2, 0) is 4.79 Å². The van der Waals surface area contributed by atoms with Crippen LogP contribution in [0, 0.1) is 5.92 Å². The van der Waals surface area contributed by atoms with Gasteiger partial charge in [0, 0.05) is 18.4 Å². The summed E-state index contributed by atoms with van der Waals surface area (Å²) >= 11 is 0. The molecule has 1 unspecified atom stereocenters. The fraction of sp³-hybridized carbons (Fsp3) is 0.385. The zero-order chi connectivity index (χ0) is 15.3. The SMILES string of the molecule is CC(CC(=O)O)CC(=O)c1ccc(OC(F)(F)F)cc1. The number of alkyl halides is 3. The topological polar surface area (TPSA) is 63.6 Å². The van der Waals surface area contributed by atoms with Crippen LogP contribution in [0.15, 0.2) is 24.3 Å². The third-order valence-electron chi connectivity index (χ3n) is 2.47. The number of Topliss-reactive ketones (excluding diaryl/α,β-unsaturated/α-hetero) is 1. The molecule has 0 spiro atoms.